The molecule has 1 aromatic heterocycles. The summed E-state index contributed by atoms with van der Waals surface area (Å²) in [6.07, 6.45) is 0.652. The van der Waals surface area contributed by atoms with Gasteiger partial charge in [0, 0.05) is 19.2 Å². The third kappa shape index (κ3) is 2.37. The van der Waals surface area contributed by atoms with Crippen molar-refractivity contribution in [1.82, 2.24) is 10.1 Å². The van der Waals surface area contributed by atoms with Crippen LogP contribution in [0, 0.1) is 12.3 Å². The van der Waals surface area contributed by atoms with Crippen LogP contribution in [0.2, 0.25) is 0 Å². The lowest BCUT2D eigenvalue weighted by atomic mass is 9.90. The summed E-state index contributed by atoms with van der Waals surface area (Å²) in [4.78, 5) is 24.7. The Hall–Kier alpha value is -1.85. The quantitative estimate of drug-likeness (QED) is 0.862. The second-order valence-electron chi connectivity index (χ2n) is 5.04. The molecule has 1 saturated heterocycles. The summed E-state index contributed by atoms with van der Waals surface area (Å²) in [7, 11) is 0. The molecular weight excluding hydrogens is 236 g/mol. The smallest absolute Gasteiger partial charge is 0.311 e. The molecule has 6 heteroatoms. The van der Waals surface area contributed by atoms with E-state index in [0.29, 0.717) is 24.4 Å². The standard InChI is InChI=1S/C12H16N2O4/c1-8-5-9(13-18-8)6-10(15)14-4-3-12(2,7-14)11(16)17/h5H,3-4,6-7H2,1-2H3,(H,16,17)/t12-/m1/s1. The maximum atomic E-state index is 12.0. The van der Waals surface area contributed by atoms with Crippen LogP contribution < -0.4 is 0 Å². The maximum absolute atomic E-state index is 12.0. The van der Waals surface area contributed by atoms with E-state index in [1.54, 1.807) is 24.8 Å². The summed E-state index contributed by atoms with van der Waals surface area (Å²) in [6, 6.07) is 1.71. The van der Waals surface area contributed by atoms with Crippen LogP contribution in [0.25, 0.3) is 0 Å². The predicted octanol–water partition coefficient (Wildman–Crippen LogP) is 0.849. The van der Waals surface area contributed by atoms with E-state index in [2.05, 4.69) is 5.16 Å². The normalized spacial score (nSPS) is 23.3. The van der Waals surface area contributed by atoms with Crippen molar-refractivity contribution in [3.05, 3.63) is 17.5 Å². The highest BCUT2D eigenvalue weighted by molar-refractivity contribution is 5.81. The van der Waals surface area contributed by atoms with Crippen LogP contribution in [0.3, 0.4) is 0 Å². The predicted molar refractivity (Wildman–Crippen MR) is 61.9 cm³/mol. The van der Waals surface area contributed by atoms with E-state index in [9.17, 15) is 9.59 Å². The average Bonchev–Trinajstić information content (AvgIpc) is 2.86. The van der Waals surface area contributed by atoms with E-state index in [-0.39, 0.29) is 18.9 Å². The molecule has 0 bridgehead atoms. The molecular formula is C12H16N2O4. The van der Waals surface area contributed by atoms with Gasteiger partial charge in [-0.25, -0.2) is 0 Å². The van der Waals surface area contributed by atoms with Crippen molar-refractivity contribution in [3.63, 3.8) is 0 Å². The van der Waals surface area contributed by atoms with E-state index in [0.717, 1.165) is 0 Å². The molecule has 1 aromatic rings. The fourth-order valence-corrected chi connectivity index (χ4v) is 2.12. The number of carboxylic acids is 1. The van der Waals surface area contributed by atoms with Gasteiger partial charge in [0.1, 0.15) is 5.76 Å². The van der Waals surface area contributed by atoms with Gasteiger partial charge in [-0.05, 0) is 20.3 Å². The highest BCUT2D eigenvalue weighted by Gasteiger charge is 2.42. The van der Waals surface area contributed by atoms with Crippen molar-refractivity contribution in [1.29, 1.82) is 0 Å². The molecule has 18 heavy (non-hydrogen) atoms. The number of carboxylic acid groups (broad SMARTS) is 1. The van der Waals surface area contributed by atoms with E-state index in [4.69, 9.17) is 9.63 Å². The van der Waals surface area contributed by atoms with Gasteiger partial charge in [-0.2, -0.15) is 0 Å². The van der Waals surface area contributed by atoms with Crippen LogP contribution in [0.1, 0.15) is 24.8 Å². The Morgan fingerprint density at radius 1 is 1.61 bits per heavy atom. The van der Waals surface area contributed by atoms with Gasteiger partial charge in [0.25, 0.3) is 0 Å². The molecule has 0 spiro atoms. The van der Waals surface area contributed by atoms with Gasteiger partial charge in [-0.1, -0.05) is 5.16 Å². The first-order valence-electron chi connectivity index (χ1n) is 5.84. The van der Waals surface area contributed by atoms with Crippen molar-refractivity contribution < 1.29 is 19.2 Å². The zero-order valence-corrected chi connectivity index (χ0v) is 10.5. The fourth-order valence-electron chi connectivity index (χ4n) is 2.12. The van der Waals surface area contributed by atoms with Gasteiger partial charge in [0.2, 0.25) is 5.91 Å². The molecule has 2 heterocycles. The molecule has 2 rings (SSSR count). The molecule has 1 N–H and O–H groups in total. The number of likely N-dealkylation sites (tertiary alicyclic amines) is 1. The molecule has 1 aliphatic heterocycles. The number of aryl methyl sites for hydroxylation is 1. The summed E-state index contributed by atoms with van der Waals surface area (Å²) >= 11 is 0. The lowest BCUT2D eigenvalue weighted by molar-refractivity contribution is -0.147. The van der Waals surface area contributed by atoms with Crippen molar-refractivity contribution in [2.75, 3.05) is 13.1 Å². The van der Waals surface area contributed by atoms with Crippen LogP contribution in [0.15, 0.2) is 10.6 Å². The first-order valence-corrected chi connectivity index (χ1v) is 5.84. The Morgan fingerprint density at radius 3 is 2.83 bits per heavy atom. The van der Waals surface area contributed by atoms with Gasteiger partial charge >= 0.3 is 5.97 Å². The second-order valence-corrected chi connectivity index (χ2v) is 5.04. The first-order chi connectivity index (χ1) is 8.40. The molecule has 0 saturated carbocycles. The van der Waals surface area contributed by atoms with Gasteiger partial charge in [-0.3, -0.25) is 9.59 Å². The zero-order valence-electron chi connectivity index (χ0n) is 10.5. The topological polar surface area (TPSA) is 83.6 Å². The summed E-state index contributed by atoms with van der Waals surface area (Å²) in [5.41, 5.74) is -0.239. The molecule has 1 amide bonds. The lowest BCUT2D eigenvalue weighted by Crippen LogP contribution is -2.35. The fraction of sp³-hybridized carbons (Fsp3) is 0.583. The highest BCUT2D eigenvalue weighted by Crippen LogP contribution is 2.30. The number of nitrogens with zero attached hydrogens (tertiary/aromatic N) is 2. The minimum atomic E-state index is -0.852. The third-order valence-corrected chi connectivity index (χ3v) is 3.35. The molecule has 0 unspecified atom stereocenters. The maximum Gasteiger partial charge on any atom is 0.311 e. The van der Waals surface area contributed by atoms with Crippen molar-refractivity contribution in [3.8, 4) is 0 Å². The van der Waals surface area contributed by atoms with Crippen LogP contribution in [-0.4, -0.2) is 40.1 Å². The Balaban J connectivity index is 1.98. The first kappa shape index (κ1) is 12.6. The summed E-state index contributed by atoms with van der Waals surface area (Å²) in [5, 5.41) is 12.9. The molecule has 1 aliphatic rings. The number of aliphatic carboxylic acids is 1. The highest BCUT2D eigenvalue weighted by atomic mass is 16.5. The third-order valence-electron chi connectivity index (χ3n) is 3.35. The molecule has 6 nitrogen and oxygen atoms in total. The Morgan fingerprint density at radius 2 is 2.33 bits per heavy atom. The minimum absolute atomic E-state index is 0.103. The number of hydrogen-bond acceptors (Lipinski definition) is 4. The Bertz CT molecular complexity index is 482. The number of rotatable bonds is 3. The van der Waals surface area contributed by atoms with Crippen LogP contribution in [0.5, 0.6) is 0 Å². The molecule has 1 atom stereocenters. The SMILES string of the molecule is Cc1cc(CC(=O)N2CC[C@@](C)(C(=O)O)C2)no1. The lowest BCUT2D eigenvalue weighted by Gasteiger charge is -2.19. The second kappa shape index (κ2) is 4.44. The molecule has 1 fully saturated rings. The van der Waals surface area contributed by atoms with Crippen LogP contribution in [0.4, 0.5) is 0 Å². The van der Waals surface area contributed by atoms with Gasteiger partial charge in [-0.15, -0.1) is 0 Å². The van der Waals surface area contributed by atoms with Crippen LogP contribution in [-0.2, 0) is 16.0 Å². The zero-order chi connectivity index (χ0) is 13.3. The van der Waals surface area contributed by atoms with E-state index >= 15 is 0 Å². The number of aromatic nitrogens is 1. The van der Waals surface area contributed by atoms with Gasteiger partial charge in [0.05, 0.1) is 17.5 Å². The number of carbonyl (C=O) groups is 2. The monoisotopic (exact) mass is 252 g/mol. The largest absolute Gasteiger partial charge is 0.481 e. The Kier molecular flexibility index (Phi) is 3.11. The summed E-state index contributed by atoms with van der Waals surface area (Å²) in [5.74, 6) is -0.294. The molecule has 0 aromatic carbocycles. The van der Waals surface area contributed by atoms with Gasteiger partial charge < -0.3 is 14.5 Å². The molecule has 98 valence electrons. The number of amides is 1. The van der Waals surface area contributed by atoms with Crippen molar-refractivity contribution >= 4 is 11.9 Å². The molecule has 0 aliphatic carbocycles. The van der Waals surface area contributed by atoms with Crippen LogP contribution >= 0.6 is 0 Å². The van der Waals surface area contributed by atoms with E-state index in [1.165, 1.54) is 0 Å². The van der Waals surface area contributed by atoms with E-state index < -0.39 is 11.4 Å². The number of hydrogen-bond donors (Lipinski definition) is 1. The van der Waals surface area contributed by atoms with Crippen molar-refractivity contribution in [2.24, 2.45) is 5.41 Å². The van der Waals surface area contributed by atoms with Gasteiger partial charge in [0.15, 0.2) is 0 Å². The summed E-state index contributed by atoms with van der Waals surface area (Å²) in [6.45, 7) is 4.18. The van der Waals surface area contributed by atoms with E-state index in [1.807, 2.05) is 0 Å². The minimum Gasteiger partial charge on any atom is -0.481 e. The Labute approximate surface area is 105 Å². The van der Waals surface area contributed by atoms with Crippen molar-refractivity contribution in [2.45, 2.75) is 26.7 Å². The summed E-state index contributed by atoms with van der Waals surface area (Å²) < 4.78 is 4.89. The average molecular weight is 252 g/mol. The molecule has 0 radical (unpaired) electrons. The number of carbonyl (C=O) groups excluding carboxylic acids is 1.